The molecule has 1 saturated carbocycles. The fourth-order valence-corrected chi connectivity index (χ4v) is 3.78. The minimum absolute atomic E-state index is 0.254. The summed E-state index contributed by atoms with van der Waals surface area (Å²) in [4.78, 5) is 0. The van der Waals surface area contributed by atoms with Crippen LogP contribution in [0.15, 0.2) is 0 Å². The third-order valence-electron chi connectivity index (χ3n) is 3.47. The summed E-state index contributed by atoms with van der Waals surface area (Å²) in [6.07, 6.45) is 7.81. The van der Waals surface area contributed by atoms with Gasteiger partial charge in [-0.3, -0.25) is 0 Å². The van der Waals surface area contributed by atoms with Crippen LogP contribution in [-0.2, 0) is 14.6 Å². The lowest BCUT2D eigenvalue weighted by Gasteiger charge is -2.22. The molecule has 4 nitrogen and oxygen atoms in total. The lowest BCUT2D eigenvalue weighted by atomic mass is 9.95. The van der Waals surface area contributed by atoms with E-state index < -0.39 is 9.84 Å². The maximum absolute atomic E-state index is 11.7. The molecule has 5 heteroatoms. The normalized spacial score (nSPS) is 18.1. The summed E-state index contributed by atoms with van der Waals surface area (Å²) < 4.78 is 28.2. The Morgan fingerprint density at radius 2 is 1.78 bits per heavy atom. The molecule has 0 amide bonds. The second kappa shape index (κ2) is 8.88. The Bertz CT molecular complexity index is 297. The van der Waals surface area contributed by atoms with Crippen molar-refractivity contribution >= 4 is 9.84 Å². The molecule has 1 N–H and O–H groups in total. The molecule has 1 aliphatic rings. The molecular formula is C13H27NO3S. The van der Waals surface area contributed by atoms with Crippen molar-refractivity contribution in [2.75, 3.05) is 31.8 Å². The quantitative estimate of drug-likeness (QED) is 0.652. The Kier molecular flexibility index (Phi) is 7.86. The molecule has 0 heterocycles. The van der Waals surface area contributed by atoms with Gasteiger partial charge in [-0.2, -0.15) is 0 Å². The smallest absolute Gasteiger partial charge is 0.150 e. The molecule has 1 fully saturated rings. The van der Waals surface area contributed by atoms with Gasteiger partial charge in [0, 0.05) is 19.8 Å². The van der Waals surface area contributed by atoms with Gasteiger partial charge >= 0.3 is 0 Å². The maximum atomic E-state index is 11.7. The zero-order valence-corrected chi connectivity index (χ0v) is 12.3. The zero-order chi connectivity index (χ0) is 13.3. The third-order valence-corrected chi connectivity index (χ3v) is 5.30. The van der Waals surface area contributed by atoms with Crippen molar-refractivity contribution < 1.29 is 13.2 Å². The monoisotopic (exact) mass is 277 g/mol. The van der Waals surface area contributed by atoms with Gasteiger partial charge in [-0.05, 0) is 32.2 Å². The van der Waals surface area contributed by atoms with E-state index in [1.165, 1.54) is 32.1 Å². The first-order valence-electron chi connectivity index (χ1n) is 7.07. The highest BCUT2D eigenvalue weighted by Crippen LogP contribution is 2.17. The van der Waals surface area contributed by atoms with E-state index >= 15 is 0 Å². The van der Waals surface area contributed by atoms with Crippen LogP contribution < -0.4 is 5.32 Å². The van der Waals surface area contributed by atoms with Gasteiger partial charge in [0.25, 0.3) is 0 Å². The predicted molar refractivity (Wildman–Crippen MR) is 74.6 cm³/mol. The minimum atomic E-state index is -2.88. The van der Waals surface area contributed by atoms with Crippen molar-refractivity contribution in [2.45, 2.75) is 51.0 Å². The molecule has 0 bridgehead atoms. The van der Waals surface area contributed by atoms with Gasteiger partial charge in [0.15, 0.2) is 0 Å². The van der Waals surface area contributed by atoms with E-state index in [1.54, 1.807) is 7.11 Å². The largest absolute Gasteiger partial charge is 0.385 e. The Morgan fingerprint density at radius 3 is 2.44 bits per heavy atom. The van der Waals surface area contributed by atoms with E-state index in [0.29, 0.717) is 24.8 Å². The summed E-state index contributed by atoms with van der Waals surface area (Å²) in [6, 6.07) is 0.620. The van der Waals surface area contributed by atoms with Crippen LogP contribution in [0.3, 0.4) is 0 Å². The molecular weight excluding hydrogens is 250 g/mol. The standard InChI is InChI=1S/C13H27NO3S/c1-17-10-6-12-18(15,16)11-5-9-14-13-7-3-2-4-8-13/h13-14H,2-12H2,1H3. The van der Waals surface area contributed by atoms with E-state index in [1.807, 2.05) is 0 Å². The van der Waals surface area contributed by atoms with Crippen LogP contribution in [0.1, 0.15) is 44.9 Å². The molecule has 1 aliphatic carbocycles. The van der Waals surface area contributed by atoms with Crippen molar-refractivity contribution in [3.63, 3.8) is 0 Å². The summed E-state index contributed by atoms with van der Waals surface area (Å²) in [6.45, 7) is 1.35. The average Bonchev–Trinajstić information content (AvgIpc) is 2.36. The van der Waals surface area contributed by atoms with Crippen molar-refractivity contribution in [1.29, 1.82) is 0 Å². The lowest BCUT2D eigenvalue weighted by Crippen LogP contribution is -2.32. The van der Waals surface area contributed by atoms with Gasteiger partial charge in [-0.1, -0.05) is 19.3 Å². The van der Waals surface area contributed by atoms with Gasteiger partial charge < -0.3 is 10.1 Å². The highest BCUT2D eigenvalue weighted by molar-refractivity contribution is 7.91. The Labute approximate surface area is 111 Å². The van der Waals surface area contributed by atoms with E-state index in [4.69, 9.17) is 4.74 Å². The molecule has 0 saturated heterocycles. The topological polar surface area (TPSA) is 55.4 Å². The number of sulfone groups is 1. The second-order valence-corrected chi connectivity index (χ2v) is 7.44. The minimum Gasteiger partial charge on any atom is -0.385 e. The molecule has 0 radical (unpaired) electrons. The molecule has 0 aromatic rings. The molecule has 0 unspecified atom stereocenters. The van der Waals surface area contributed by atoms with E-state index in [-0.39, 0.29) is 5.75 Å². The van der Waals surface area contributed by atoms with Crippen molar-refractivity contribution in [2.24, 2.45) is 0 Å². The summed E-state index contributed by atoms with van der Waals surface area (Å²) in [5, 5.41) is 3.47. The molecule has 0 aromatic carbocycles. The number of nitrogens with one attached hydrogen (secondary N) is 1. The molecule has 18 heavy (non-hydrogen) atoms. The maximum Gasteiger partial charge on any atom is 0.150 e. The summed E-state index contributed by atoms with van der Waals surface area (Å²) in [5.74, 6) is 0.556. The number of ether oxygens (including phenoxy) is 1. The molecule has 0 aromatic heterocycles. The number of methoxy groups -OCH3 is 1. The average molecular weight is 277 g/mol. The van der Waals surface area contributed by atoms with Gasteiger partial charge in [-0.25, -0.2) is 8.42 Å². The summed E-state index contributed by atoms with van der Waals surface area (Å²) in [5.41, 5.74) is 0. The van der Waals surface area contributed by atoms with Gasteiger partial charge in [0.1, 0.15) is 9.84 Å². The summed E-state index contributed by atoms with van der Waals surface area (Å²) in [7, 11) is -1.28. The molecule has 0 spiro atoms. The van der Waals surface area contributed by atoms with Crippen LogP contribution in [0.4, 0.5) is 0 Å². The van der Waals surface area contributed by atoms with Crippen LogP contribution in [0.25, 0.3) is 0 Å². The first kappa shape index (κ1) is 15.9. The van der Waals surface area contributed by atoms with Crippen LogP contribution in [0.5, 0.6) is 0 Å². The van der Waals surface area contributed by atoms with E-state index in [2.05, 4.69) is 5.32 Å². The van der Waals surface area contributed by atoms with Crippen LogP contribution in [0, 0.1) is 0 Å². The first-order valence-corrected chi connectivity index (χ1v) is 8.89. The van der Waals surface area contributed by atoms with Crippen LogP contribution >= 0.6 is 0 Å². The van der Waals surface area contributed by atoms with Gasteiger partial charge in [0.2, 0.25) is 0 Å². The number of hydrogen-bond donors (Lipinski definition) is 1. The van der Waals surface area contributed by atoms with E-state index in [0.717, 1.165) is 13.0 Å². The molecule has 0 atom stereocenters. The number of rotatable bonds is 9. The van der Waals surface area contributed by atoms with E-state index in [9.17, 15) is 8.42 Å². The Morgan fingerprint density at radius 1 is 1.11 bits per heavy atom. The molecule has 1 rings (SSSR count). The predicted octanol–water partition coefficient (Wildman–Crippen LogP) is 1.75. The van der Waals surface area contributed by atoms with Crippen LogP contribution in [0.2, 0.25) is 0 Å². The SMILES string of the molecule is COCCCS(=O)(=O)CCCNC1CCCCC1. The van der Waals surface area contributed by atoms with Crippen molar-refractivity contribution in [3.8, 4) is 0 Å². The number of hydrogen-bond acceptors (Lipinski definition) is 4. The molecule has 0 aliphatic heterocycles. The zero-order valence-electron chi connectivity index (χ0n) is 11.5. The lowest BCUT2D eigenvalue weighted by molar-refractivity contribution is 0.199. The third kappa shape index (κ3) is 7.34. The first-order chi connectivity index (χ1) is 8.64. The highest BCUT2D eigenvalue weighted by atomic mass is 32.2. The molecule has 108 valence electrons. The Hall–Kier alpha value is -0.130. The van der Waals surface area contributed by atoms with Gasteiger partial charge in [0.05, 0.1) is 11.5 Å². The summed E-state index contributed by atoms with van der Waals surface area (Å²) >= 11 is 0. The fraction of sp³-hybridized carbons (Fsp3) is 1.00. The second-order valence-electron chi connectivity index (χ2n) is 5.14. The van der Waals surface area contributed by atoms with Crippen molar-refractivity contribution in [1.82, 2.24) is 5.32 Å². The van der Waals surface area contributed by atoms with Crippen molar-refractivity contribution in [3.05, 3.63) is 0 Å². The van der Waals surface area contributed by atoms with Crippen LogP contribution in [-0.4, -0.2) is 46.2 Å². The Balaban J connectivity index is 2.05. The van der Waals surface area contributed by atoms with Gasteiger partial charge in [-0.15, -0.1) is 0 Å². The fourth-order valence-electron chi connectivity index (χ4n) is 2.43. The highest BCUT2D eigenvalue weighted by Gasteiger charge is 2.13.